The van der Waals surface area contributed by atoms with Gasteiger partial charge in [0.1, 0.15) is 0 Å². The van der Waals surface area contributed by atoms with Crippen molar-refractivity contribution >= 4 is 39.3 Å². The monoisotopic (exact) mass is 332 g/mol. The average molecular weight is 333 g/mol. The lowest BCUT2D eigenvalue weighted by atomic mass is 9.99. The molecule has 0 aromatic heterocycles. The minimum absolute atomic E-state index is 0.0757. The summed E-state index contributed by atoms with van der Waals surface area (Å²) in [6.45, 7) is 2.07. The van der Waals surface area contributed by atoms with E-state index in [0.29, 0.717) is 41.4 Å². The molecule has 0 saturated heterocycles. The van der Waals surface area contributed by atoms with Crippen LogP contribution in [0.5, 0.6) is 0 Å². The Morgan fingerprint density at radius 2 is 2.24 bits per heavy atom. The number of benzene rings is 1. The number of carbonyl (C=O) groups is 1. The van der Waals surface area contributed by atoms with Crippen LogP contribution in [0.1, 0.15) is 25.3 Å². The van der Waals surface area contributed by atoms with Gasteiger partial charge in [-0.25, -0.2) is 4.28 Å². The lowest BCUT2D eigenvalue weighted by Crippen LogP contribution is -2.37. The van der Waals surface area contributed by atoms with Crippen LogP contribution in [0.15, 0.2) is 23.4 Å². The molecule has 1 aliphatic rings. The second-order valence-electron chi connectivity index (χ2n) is 4.35. The quantitative estimate of drug-likeness (QED) is 0.674. The van der Waals surface area contributed by atoms with Crippen molar-refractivity contribution in [2.24, 2.45) is 5.16 Å². The van der Waals surface area contributed by atoms with Gasteiger partial charge in [0.05, 0.1) is 11.4 Å². The smallest absolute Gasteiger partial charge is 0.311 e. The molecule has 1 aromatic rings. The van der Waals surface area contributed by atoms with Gasteiger partial charge in [-0.05, 0) is 18.2 Å². The van der Waals surface area contributed by atoms with E-state index in [0.717, 1.165) is 0 Å². The number of anilines is 1. The number of halogens is 1. The summed E-state index contributed by atoms with van der Waals surface area (Å²) in [6.07, 6.45) is 0.635. The standard InChI is InChI=1S/C12H13ClN2O5S/c1-2-12(16)15-6-5-10(14-20-21(17,18)19)9-4-3-8(13)7-11(9)15/h3-4,7H,2,5-6H2,1H3,(H,17,18,19)/b14-10-. The van der Waals surface area contributed by atoms with Gasteiger partial charge in [0.2, 0.25) is 5.91 Å². The number of carbonyl (C=O) groups excluding carboxylic acids is 1. The van der Waals surface area contributed by atoms with E-state index in [1.54, 1.807) is 30.0 Å². The normalized spacial score (nSPS) is 16.7. The molecule has 0 spiro atoms. The molecule has 114 valence electrons. The van der Waals surface area contributed by atoms with E-state index >= 15 is 0 Å². The number of hydrogen-bond donors (Lipinski definition) is 1. The van der Waals surface area contributed by atoms with Crippen LogP contribution < -0.4 is 4.90 Å². The average Bonchev–Trinajstić information content (AvgIpc) is 2.42. The third kappa shape index (κ3) is 3.72. The molecular formula is C12H13ClN2O5S. The molecule has 7 nitrogen and oxygen atoms in total. The van der Waals surface area contributed by atoms with E-state index in [4.69, 9.17) is 16.2 Å². The highest BCUT2D eigenvalue weighted by molar-refractivity contribution is 7.80. The molecule has 1 amide bonds. The van der Waals surface area contributed by atoms with Crippen LogP contribution >= 0.6 is 11.6 Å². The molecule has 21 heavy (non-hydrogen) atoms. The highest BCUT2D eigenvalue weighted by Crippen LogP contribution is 2.31. The number of rotatable bonds is 3. The van der Waals surface area contributed by atoms with Crippen LogP contribution in [0.25, 0.3) is 0 Å². The summed E-state index contributed by atoms with van der Waals surface area (Å²) in [5.74, 6) is -0.0757. The highest BCUT2D eigenvalue weighted by atomic mass is 35.5. The Labute approximate surface area is 127 Å². The first kappa shape index (κ1) is 15.7. The van der Waals surface area contributed by atoms with Crippen molar-refractivity contribution in [1.29, 1.82) is 0 Å². The molecule has 1 N–H and O–H groups in total. The number of amides is 1. The number of oxime groups is 1. The topological polar surface area (TPSA) is 96.3 Å². The van der Waals surface area contributed by atoms with Crippen LogP contribution in [0.4, 0.5) is 5.69 Å². The molecule has 0 radical (unpaired) electrons. The molecule has 0 bridgehead atoms. The first-order chi connectivity index (χ1) is 9.81. The van der Waals surface area contributed by atoms with Crippen molar-refractivity contribution in [2.75, 3.05) is 11.4 Å². The van der Waals surface area contributed by atoms with E-state index in [-0.39, 0.29) is 5.91 Å². The summed E-state index contributed by atoms with van der Waals surface area (Å²) < 4.78 is 33.8. The van der Waals surface area contributed by atoms with Gasteiger partial charge in [0.25, 0.3) is 0 Å². The van der Waals surface area contributed by atoms with Crippen molar-refractivity contribution in [1.82, 2.24) is 0 Å². The summed E-state index contributed by atoms with van der Waals surface area (Å²) in [6, 6.07) is 4.83. The maximum Gasteiger partial charge on any atom is 0.466 e. The van der Waals surface area contributed by atoms with Gasteiger partial charge in [-0.15, -0.1) is 0 Å². The largest absolute Gasteiger partial charge is 0.466 e. The van der Waals surface area contributed by atoms with Crippen molar-refractivity contribution in [3.05, 3.63) is 28.8 Å². The van der Waals surface area contributed by atoms with Gasteiger partial charge in [0, 0.05) is 30.0 Å². The first-order valence-electron chi connectivity index (χ1n) is 6.15. The molecule has 9 heteroatoms. The maximum absolute atomic E-state index is 11.9. The predicted octanol–water partition coefficient (Wildman–Crippen LogP) is 2.01. The molecule has 0 saturated carbocycles. The summed E-state index contributed by atoms with van der Waals surface area (Å²) in [7, 11) is -4.66. The zero-order chi connectivity index (χ0) is 15.6. The second-order valence-corrected chi connectivity index (χ2v) is 5.79. The lowest BCUT2D eigenvalue weighted by Gasteiger charge is -2.29. The lowest BCUT2D eigenvalue weighted by molar-refractivity contribution is -0.118. The summed E-state index contributed by atoms with van der Waals surface area (Å²) in [4.78, 5) is 13.5. The Balaban J connectivity index is 2.45. The third-order valence-corrected chi connectivity index (χ3v) is 3.48. The van der Waals surface area contributed by atoms with Gasteiger partial charge < -0.3 is 4.90 Å². The molecule has 0 unspecified atom stereocenters. The molecule has 1 heterocycles. The van der Waals surface area contributed by atoms with Crippen LogP contribution in [0.2, 0.25) is 5.02 Å². The van der Waals surface area contributed by atoms with Crippen molar-refractivity contribution in [2.45, 2.75) is 19.8 Å². The van der Waals surface area contributed by atoms with E-state index in [2.05, 4.69) is 9.44 Å². The van der Waals surface area contributed by atoms with Crippen LogP contribution in [-0.4, -0.2) is 31.1 Å². The van der Waals surface area contributed by atoms with Gasteiger partial charge >= 0.3 is 10.4 Å². The maximum atomic E-state index is 11.9. The Hall–Kier alpha value is -1.64. The van der Waals surface area contributed by atoms with Gasteiger partial charge in [-0.3, -0.25) is 9.35 Å². The Morgan fingerprint density at radius 3 is 2.86 bits per heavy atom. The van der Waals surface area contributed by atoms with Gasteiger partial charge in [-0.2, -0.15) is 8.42 Å². The third-order valence-electron chi connectivity index (χ3n) is 2.98. The molecule has 0 atom stereocenters. The molecule has 2 rings (SSSR count). The van der Waals surface area contributed by atoms with E-state index < -0.39 is 10.4 Å². The molecule has 0 aliphatic carbocycles. The minimum Gasteiger partial charge on any atom is -0.311 e. The fourth-order valence-corrected chi connectivity index (χ4v) is 2.43. The second kappa shape index (κ2) is 6.00. The van der Waals surface area contributed by atoms with E-state index in [9.17, 15) is 13.2 Å². The van der Waals surface area contributed by atoms with Gasteiger partial charge in [0.15, 0.2) is 0 Å². The predicted molar refractivity (Wildman–Crippen MR) is 77.9 cm³/mol. The summed E-state index contributed by atoms with van der Waals surface area (Å²) >= 11 is 5.94. The fourth-order valence-electron chi connectivity index (χ4n) is 2.08. The fraction of sp³-hybridized carbons (Fsp3) is 0.333. The summed E-state index contributed by atoms with van der Waals surface area (Å²) in [5, 5.41) is 3.89. The van der Waals surface area contributed by atoms with Crippen molar-refractivity contribution < 1.29 is 22.0 Å². The first-order valence-corrected chi connectivity index (χ1v) is 7.89. The van der Waals surface area contributed by atoms with E-state index in [1.807, 2.05) is 0 Å². The van der Waals surface area contributed by atoms with Gasteiger partial charge in [-0.1, -0.05) is 23.7 Å². The zero-order valence-corrected chi connectivity index (χ0v) is 12.7. The molecular weight excluding hydrogens is 320 g/mol. The molecule has 1 aliphatic heterocycles. The van der Waals surface area contributed by atoms with Crippen LogP contribution in [0.3, 0.4) is 0 Å². The number of hydrogen-bond acceptors (Lipinski definition) is 5. The van der Waals surface area contributed by atoms with Crippen molar-refractivity contribution in [3.63, 3.8) is 0 Å². The van der Waals surface area contributed by atoms with E-state index in [1.165, 1.54) is 0 Å². The van der Waals surface area contributed by atoms with Crippen LogP contribution in [0, 0.1) is 0 Å². The Kier molecular flexibility index (Phi) is 4.50. The molecule has 0 fully saturated rings. The SMILES string of the molecule is CCC(=O)N1CC/C(=N/OS(=O)(=O)O)c2ccc(Cl)cc21. The Bertz CT molecular complexity index is 702. The summed E-state index contributed by atoms with van der Waals surface area (Å²) in [5.41, 5.74) is 1.40. The Morgan fingerprint density at radius 1 is 1.52 bits per heavy atom. The molecule has 1 aromatic carbocycles. The van der Waals surface area contributed by atoms with Crippen molar-refractivity contribution in [3.8, 4) is 0 Å². The highest BCUT2D eigenvalue weighted by Gasteiger charge is 2.26. The zero-order valence-electron chi connectivity index (χ0n) is 11.1. The number of nitrogens with zero attached hydrogens (tertiary/aromatic N) is 2. The minimum atomic E-state index is -4.66. The van der Waals surface area contributed by atoms with Crippen LogP contribution in [-0.2, 0) is 19.5 Å². The number of fused-ring (bicyclic) bond motifs is 1.